The van der Waals surface area contributed by atoms with Gasteiger partial charge in [0.2, 0.25) is 0 Å². The second-order valence-electron chi connectivity index (χ2n) is 17.5. The SMILES string of the molecule is COC(=O)CCCC(=O)O[C@H]1CC[C@@]2(C)C(CC[C@]3(C)C2CCC2C4C5OCC4(CCC5(C)C)CC[C@]23C)C1(C)C. The van der Waals surface area contributed by atoms with E-state index in [9.17, 15) is 9.59 Å². The van der Waals surface area contributed by atoms with E-state index in [0.717, 1.165) is 37.2 Å². The second-order valence-corrected chi connectivity index (χ2v) is 17.5. The summed E-state index contributed by atoms with van der Waals surface area (Å²) < 4.78 is 17.7. The van der Waals surface area contributed by atoms with Gasteiger partial charge in [0.25, 0.3) is 0 Å². The Kier molecular flexibility index (Phi) is 7.09. The van der Waals surface area contributed by atoms with Crippen LogP contribution in [0.3, 0.4) is 0 Å². The van der Waals surface area contributed by atoms with Crippen LogP contribution in [-0.4, -0.2) is 37.9 Å². The lowest BCUT2D eigenvalue weighted by molar-refractivity contribution is -0.254. The van der Waals surface area contributed by atoms with E-state index in [2.05, 4.69) is 48.5 Å². The molecule has 0 aromatic carbocycles. The van der Waals surface area contributed by atoms with Gasteiger partial charge in [-0.1, -0.05) is 48.5 Å². The highest BCUT2D eigenvalue weighted by Gasteiger charge is 2.72. The number of esters is 2. The first kappa shape index (κ1) is 29.9. The molecule has 0 N–H and O–H groups in total. The molecule has 1 aliphatic heterocycles. The first-order valence-electron chi connectivity index (χ1n) is 17.0. The fraction of sp³-hybridized carbons (Fsp3) is 0.944. The van der Waals surface area contributed by atoms with Crippen LogP contribution in [0.15, 0.2) is 0 Å². The van der Waals surface area contributed by atoms with Crippen LogP contribution in [0.25, 0.3) is 0 Å². The zero-order valence-electron chi connectivity index (χ0n) is 27.4. The molecule has 0 radical (unpaired) electrons. The molecule has 0 aromatic rings. The molecule has 5 saturated carbocycles. The summed E-state index contributed by atoms with van der Waals surface area (Å²) in [5.41, 5.74) is 1.66. The molecule has 5 nitrogen and oxygen atoms in total. The smallest absolute Gasteiger partial charge is 0.306 e. The highest BCUT2D eigenvalue weighted by Crippen LogP contribution is 2.78. The summed E-state index contributed by atoms with van der Waals surface area (Å²) in [5.74, 6) is 2.36. The molecule has 6 fully saturated rings. The third-order valence-corrected chi connectivity index (χ3v) is 15.3. The van der Waals surface area contributed by atoms with E-state index in [1.54, 1.807) is 0 Å². The van der Waals surface area contributed by atoms with Gasteiger partial charge in [0.15, 0.2) is 0 Å². The maximum Gasteiger partial charge on any atom is 0.306 e. The monoisotopic (exact) mass is 570 g/mol. The van der Waals surface area contributed by atoms with E-state index in [-0.39, 0.29) is 41.7 Å². The van der Waals surface area contributed by atoms with Crippen LogP contribution in [0.1, 0.15) is 132 Å². The lowest BCUT2D eigenvalue weighted by Gasteiger charge is -2.73. The molecule has 1 heterocycles. The van der Waals surface area contributed by atoms with Crippen LogP contribution in [-0.2, 0) is 23.8 Å². The molecule has 5 aliphatic carbocycles. The maximum absolute atomic E-state index is 12.8. The molecule has 0 spiro atoms. The highest BCUT2D eigenvalue weighted by atomic mass is 16.5. The van der Waals surface area contributed by atoms with Crippen molar-refractivity contribution >= 4 is 11.9 Å². The third-order valence-electron chi connectivity index (χ3n) is 15.3. The number of carbonyl (C=O) groups is 2. The number of ether oxygens (including phenoxy) is 3. The number of carbonyl (C=O) groups excluding carboxylic acids is 2. The quantitative estimate of drug-likeness (QED) is 0.312. The van der Waals surface area contributed by atoms with E-state index >= 15 is 0 Å². The lowest BCUT2D eigenvalue weighted by Crippen LogP contribution is -2.67. The first-order chi connectivity index (χ1) is 19.1. The van der Waals surface area contributed by atoms with Crippen molar-refractivity contribution in [2.45, 2.75) is 144 Å². The molecular weight excluding hydrogens is 512 g/mol. The van der Waals surface area contributed by atoms with Gasteiger partial charge in [-0.15, -0.1) is 0 Å². The molecule has 0 amide bonds. The van der Waals surface area contributed by atoms with Crippen molar-refractivity contribution in [3.8, 4) is 0 Å². The Morgan fingerprint density at radius 2 is 1.46 bits per heavy atom. The van der Waals surface area contributed by atoms with Crippen LogP contribution < -0.4 is 0 Å². The Labute approximate surface area is 249 Å². The molecule has 10 atom stereocenters. The van der Waals surface area contributed by atoms with Crippen LogP contribution in [0.5, 0.6) is 0 Å². The summed E-state index contributed by atoms with van der Waals surface area (Å²) in [5, 5.41) is 0. The second kappa shape index (κ2) is 9.70. The minimum Gasteiger partial charge on any atom is -0.469 e. The Morgan fingerprint density at radius 1 is 0.756 bits per heavy atom. The summed E-state index contributed by atoms with van der Waals surface area (Å²) in [6.45, 7) is 18.8. The highest BCUT2D eigenvalue weighted by molar-refractivity contribution is 5.72. The van der Waals surface area contributed by atoms with Crippen LogP contribution in [0.4, 0.5) is 0 Å². The molecule has 1 saturated heterocycles. The van der Waals surface area contributed by atoms with Gasteiger partial charge in [-0.2, -0.15) is 0 Å². The molecular formula is C36H58O5. The molecule has 6 rings (SSSR count). The van der Waals surface area contributed by atoms with Crippen LogP contribution in [0.2, 0.25) is 0 Å². The summed E-state index contributed by atoms with van der Waals surface area (Å²) in [4.78, 5) is 24.3. The van der Waals surface area contributed by atoms with Crippen molar-refractivity contribution < 1.29 is 23.8 Å². The predicted molar refractivity (Wildman–Crippen MR) is 160 cm³/mol. The molecule has 0 aromatic heterocycles. The lowest BCUT2D eigenvalue weighted by atomic mass is 9.31. The molecule has 232 valence electrons. The number of hydrogen-bond donors (Lipinski definition) is 0. The van der Waals surface area contributed by atoms with E-state index in [1.807, 2.05) is 0 Å². The van der Waals surface area contributed by atoms with Crippen LogP contribution >= 0.6 is 0 Å². The Bertz CT molecular complexity index is 1060. The van der Waals surface area contributed by atoms with Crippen LogP contribution in [0, 0.1) is 56.2 Å². The van der Waals surface area contributed by atoms with Gasteiger partial charge in [-0.05, 0) is 121 Å². The molecule has 5 heteroatoms. The minimum absolute atomic E-state index is 0.0470. The number of hydrogen-bond acceptors (Lipinski definition) is 5. The predicted octanol–water partition coefficient (Wildman–Crippen LogP) is 8.13. The number of fused-ring (bicyclic) bond motifs is 5. The average molecular weight is 571 g/mol. The largest absolute Gasteiger partial charge is 0.469 e. The number of methoxy groups -OCH3 is 1. The zero-order chi connectivity index (χ0) is 29.6. The van der Waals surface area contributed by atoms with Crippen molar-refractivity contribution in [1.29, 1.82) is 0 Å². The van der Waals surface area contributed by atoms with E-state index in [1.165, 1.54) is 58.5 Å². The number of rotatable bonds is 5. The van der Waals surface area contributed by atoms with Crippen molar-refractivity contribution in [2.75, 3.05) is 13.7 Å². The standard InChI is InChI=1S/C36H58O5/c1-31(2)18-20-36-21-19-34(6)23(29(36)30(31)40-22-36)12-13-25-33(5)16-15-26(41-28(38)11-9-10-27(37)39-8)32(3,4)24(33)14-17-35(25,34)7/h23-26,29-30H,9-22H2,1-8H3/t23?,24?,25?,26-,29?,30?,33-,34+,35+,36?/m0/s1. The normalized spacial score (nSPS) is 49.1. The Hall–Kier alpha value is -1.10. The molecule has 41 heavy (non-hydrogen) atoms. The molecule has 6 aliphatic rings. The van der Waals surface area contributed by atoms with E-state index in [0.29, 0.717) is 40.1 Å². The van der Waals surface area contributed by atoms with Gasteiger partial charge in [0, 0.05) is 18.3 Å². The first-order valence-corrected chi connectivity index (χ1v) is 17.0. The Morgan fingerprint density at radius 3 is 2.20 bits per heavy atom. The summed E-state index contributed by atoms with van der Waals surface area (Å²) in [6.07, 6.45) is 14.2. The van der Waals surface area contributed by atoms with Crippen molar-refractivity contribution in [3.05, 3.63) is 0 Å². The van der Waals surface area contributed by atoms with Crippen molar-refractivity contribution in [2.24, 2.45) is 56.2 Å². The topological polar surface area (TPSA) is 61.8 Å². The third kappa shape index (κ3) is 4.16. The Balaban J connectivity index is 1.21. The zero-order valence-corrected chi connectivity index (χ0v) is 27.4. The fourth-order valence-corrected chi connectivity index (χ4v) is 12.9. The van der Waals surface area contributed by atoms with Crippen molar-refractivity contribution in [3.63, 3.8) is 0 Å². The fourth-order valence-electron chi connectivity index (χ4n) is 12.9. The van der Waals surface area contributed by atoms with Gasteiger partial charge in [0.05, 0.1) is 19.8 Å². The van der Waals surface area contributed by atoms with Gasteiger partial charge in [-0.3, -0.25) is 9.59 Å². The van der Waals surface area contributed by atoms with Gasteiger partial charge in [0.1, 0.15) is 6.10 Å². The van der Waals surface area contributed by atoms with E-state index in [4.69, 9.17) is 14.2 Å². The minimum atomic E-state index is -0.263. The molecule has 6 unspecified atom stereocenters. The summed E-state index contributed by atoms with van der Waals surface area (Å²) in [6, 6.07) is 0. The van der Waals surface area contributed by atoms with Gasteiger partial charge >= 0.3 is 11.9 Å². The van der Waals surface area contributed by atoms with Gasteiger partial charge < -0.3 is 14.2 Å². The average Bonchev–Trinajstić information content (AvgIpc) is 3.24. The maximum atomic E-state index is 12.8. The van der Waals surface area contributed by atoms with Gasteiger partial charge in [-0.25, -0.2) is 0 Å². The van der Waals surface area contributed by atoms with E-state index < -0.39 is 0 Å². The summed E-state index contributed by atoms with van der Waals surface area (Å²) in [7, 11) is 1.39. The summed E-state index contributed by atoms with van der Waals surface area (Å²) >= 11 is 0. The molecule has 2 bridgehead atoms. The van der Waals surface area contributed by atoms with Crippen molar-refractivity contribution in [1.82, 2.24) is 0 Å².